The maximum Gasteiger partial charge on any atom is 0.305 e. The molecule has 1 aromatic carbocycles. The van der Waals surface area contributed by atoms with E-state index >= 15 is 0 Å². The zero-order chi connectivity index (χ0) is 18.5. The molecule has 7 heteroatoms. The highest BCUT2D eigenvalue weighted by molar-refractivity contribution is 7.10. The van der Waals surface area contributed by atoms with E-state index in [1.165, 1.54) is 11.3 Å². The molecule has 0 saturated carbocycles. The molecule has 1 aliphatic rings. The zero-order valence-electron chi connectivity index (χ0n) is 14.1. The SMILES string of the molecule is O=C(O)C[C@@H](NC(=O)[C@@H]1CC(=O)N(Cc2ccccc2)C1)c1cccs1. The zero-order valence-corrected chi connectivity index (χ0v) is 14.9. The molecule has 0 spiro atoms. The monoisotopic (exact) mass is 372 g/mol. The van der Waals surface area contributed by atoms with Crippen molar-refractivity contribution in [3.8, 4) is 0 Å². The van der Waals surface area contributed by atoms with Crippen LogP contribution in [0.15, 0.2) is 47.8 Å². The molecule has 0 bridgehead atoms. The maximum atomic E-state index is 12.6. The Morgan fingerprint density at radius 3 is 2.65 bits per heavy atom. The van der Waals surface area contributed by atoms with Gasteiger partial charge in [0.05, 0.1) is 18.4 Å². The normalized spacial score (nSPS) is 17.9. The van der Waals surface area contributed by atoms with E-state index in [0.29, 0.717) is 13.1 Å². The van der Waals surface area contributed by atoms with Gasteiger partial charge in [-0.15, -0.1) is 11.3 Å². The van der Waals surface area contributed by atoms with Gasteiger partial charge in [0.15, 0.2) is 0 Å². The number of nitrogens with zero attached hydrogens (tertiary/aromatic N) is 1. The summed E-state index contributed by atoms with van der Waals surface area (Å²) in [5.41, 5.74) is 1.02. The highest BCUT2D eigenvalue weighted by atomic mass is 32.1. The van der Waals surface area contributed by atoms with Crippen molar-refractivity contribution < 1.29 is 19.5 Å². The number of likely N-dealkylation sites (tertiary alicyclic amines) is 1. The van der Waals surface area contributed by atoms with Gasteiger partial charge in [0.2, 0.25) is 11.8 Å². The molecule has 1 aliphatic heterocycles. The van der Waals surface area contributed by atoms with E-state index in [0.717, 1.165) is 10.4 Å². The first-order valence-electron chi connectivity index (χ1n) is 8.40. The number of carboxylic acids is 1. The van der Waals surface area contributed by atoms with Crippen LogP contribution in [0.1, 0.15) is 29.3 Å². The first kappa shape index (κ1) is 18.1. The number of hydrogen-bond acceptors (Lipinski definition) is 4. The predicted octanol–water partition coefficient (Wildman–Crippen LogP) is 2.43. The van der Waals surface area contributed by atoms with Gasteiger partial charge in [0.25, 0.3) is 0 Å². The lowest BCUT2D eigenvalue weighted by molar-refractivity contribution is -0.138. The van der Waals surface area contributed by atoms with Crippen LogP contribution in [0, 0.1) is 5.92 Å². The number of hydrogen-bond donors (Lipinski definition) is 2. The number of thiophene rings is 1. The van der Waals surface area contributed by atoms with Crippen molar-refractivity contribution in [2.75, 3.05) is 6.54 Å². The average molecular weight is 372 g/mol. The molecule has 0 radical (unpaired) electrons. The first-order chi connectivity index (χ1) is 12.5. The van der Waals surface area contributed by atoms with Gasteiger partial charge in [-0.1, -0.05) is 36.4 Å². The van der Waals surface area contributed by atoms with Crippen molar-refractivity contribution in [1.29, 1.82) is 0 Å². The second-order valence-corrected chi connectivity index (χ2v) is 7.31. The van der Waals surface area contributed by atoms with Crippen LogP contribution in [0.4, 0.5) is 0 Å². The molecule has 0 unspecified atom stereocenters. The van der Waals surface area contributed by atoms with E-state index < -0.39 is 17.9 Å². The molecule has 2 aromatic rings. The number of amides is 2. The number of carbonyl (C=O) groups excluding carboxylic acids is 2. The summed E-state index contributed by atoms with van der Waals surface area (Å²) in [5, 5.41) is 13.8. The van der Waals surface area contributed by atoms with Gasteiger partial charge >= 0.3 is 5.97 Å². The highest BCUT2D eigenvalue weighted by Gasteiger charge is 2.35. The van der Waals surface area contributed by atoms with Crippen molar-refractivity contribution in [2.24, 2.45) is 5.92 Å². The summed E-state index contributed by atoms with van der Waals surface area (Å²) in [4.78, 5) is 38.4. The summed E-state index contributed by atoms with van der Waals surface area (Å²) >= 11 is 1.41. The maximum absolute atomic E-state index is 12.6. The molecular formula is C19H20N2O4S. The second-order valence-electron chi connectivity index (χ2n) is 6.34. The molecule has 6 nitrogen and oxygen atoms in total. The Bertz CT molecular complexity index is 776. The topological polar surface area (TPSA) is 86.7 Å². The number of carboxylic acid groups (broad SMARTS) is 1. The molecule has 2 atom stereocenters. The van der Waals surface area contributed by atoms with Crippen LogP contribution in [0.2, 0.25) is 0 Å². The molecule has 1 saturated heterocycles. The smallest absolute Gasteiger partial charge is 0.305 e. The van der Waals surface area contributed by atoms with Gasteiger partial charge in [-0.2, -0.15) is 0 Å². The summed E-state index contributed by atoms with van der Waals surface area (Å²) < 4.78 is 0. The molecule has 2 amide bonds. The Morgan fingerprint density at radius 1 is 1.23 bits per heavy atom. The third-order valence-electron chi connectivity index (χ3n) is 4.38. The fraction of sp³-hybridized carbons (Fsp3) is 0.316. The van der Waals surface area contributed by atoms with Gasteiger partial charge in [0, 0.05) is 24.4 Å². The summed E-state index contributed by atoms with van der Waals surface area (Å²) in [7, 11) is 0. The standard InChI is InChI=1S/C19H20N2O4S/c22-17-9-14(12-21(17)11-13-5-2-1-3-6-13)19(25)20-15(10-18(23)24)16-7-4-8-26-16/h1-8,14-15H,9-12H2,(H,20,25)(H,23,24)/t14-,15-/m1/s1. The summed E-state index contributed by atoms with van der Waals surface area (Å²) in [6.45, 7) is 0.830. The van der Waals surface area contributed by atoms with Crippen molar-refractivity contribution in [2.45, 2.75) is 25.4 Å². The summed E-state index contributed by atoms with van der Waals surface area (Å²) in [5.74, 6) is -1.76. The van der Waals surface area contributed by atoms with Crippen LogP contribution in [-0.4, -0.2) is 34.3 Å². The van der Waals surface area contributed by atoms with E-state index in [-0.39, 0.29) is 24.7 Å². The van der Waals surface area contributed by atoms with E-state index in [1.807, 2.05) is 41.8 Å². The van der Waals surface area contributed by atoms with Crippen molar-refractivity contribution in [1.82, 2.24) is 10.2 Å². The van der Waals surface area contributed by atoms with E-state index in [4.69, 9.17) is 5.11 Å². The van der Waals surface area contributed by atoms with Gasteiger partial charge < -0.3 is 15.3 Å². The van der Waals surface area contributed by atoms with Crippen LogP contribution in [0.5, 0.6) is 0 Å². The first-order valence-corrected chi connectivity index (χ1v) is 9.28. The van der Waals surface area contributed by atoms with Gasteiger partial charge in [-0.25, -0.2) is 0 Å². The van der Waals surface area contributed by atoms with Gasteiger partial charge in [-0.3, -0.25) is 14.4 Å². The Hall–Kier alpha value is -2.67. The van der Waals surface area contributed by atoms with Crippen LogP contribution in [0.25, 0.3) is 0 Å². The third-order valence-corrected chi connectivity index (χ3v) is 5.37. The largest absolute Gasteiger partial charge is 0.481 e. The summed E-state index contributed by atoms with van der Waals surface area (Å²) in [6, 6.07) is 12.7. The fourth-order valence-electron chi connectivity index (χ4n) is 3.08. The molecular weight excluding hydrogens is 352 g/mol. The van der Waals surface area contributed by atoms with E-state index in [9.17, 15) is 14.4 Å². The van der Waals surface area contributed by atoms with Crippen LogP contribution in [-0.2, 0) is 20.9 Å². The lowest BCUT2D eigenvalue weighted by Gasteiger charge is -2.19. The molecule has 0 aliphatic carbocycles. The Kier molecular flexibility index (Phi) is 5.68. The van der Waals surface area contributed by atoms with E-state index in [1.54, 1.807) is 11.0 Å². The molecule has 2 N–H and O–H groups in total. The Balaban J connectivity index is 1.62. The summed E-state index contributed by atoms with van der Waals surface area (Å²) in [6.07, 6.45) is -0.0243. The van der Waals surface area contributed by atoms with Gasteiger partial charge in [-0.05, 0) is 17.0 Å². The quantitative estimate of drug-likeness (QED) is 0.781. The van der Waals surface area contributed by atoms with E-state index in [2.05, 4.69) is 5.32 Å². The average Bonchev–Trinajstić information content (AvgIpc) is 3.25. The molecule has 3 rings (SSSR count). The lowest BCUT2D eigenvalue weighted by atomic mass is 10.1. The predicted molar refractivity (Wildman–Crippen MR) is 97.4 cm³/mol. The molecule has 1 fully saturated rings. The number of nitrogens with one attached hydrogen (secondary N) is 1. The Labute approximate surface area is 155 Å². The number of aliphatic carboxylic acids is 1. The van der Waals surface area contributed by atoms with Crippen LogP contribution < -0.4 is 5.32 Å². The van der Waals surface area contributed by atoms with Crippen molar-refractivity contribution >= 4 is 29.1 Å². The van der Waals surface area contributed by atoms with Crippen LogP contribution in [0.3, 0.4) is 0 Å². The number of carbonyl (C=O) groups is 3. The molecule has 1 aromatic heterocycles. The Morgan fingerprint density at radius 2 is 2.00 bits per heavy atom. The number of benzene rings is 1. The van der Waals surface area contributed by atoms with Crippen molar-refractivity contribution in [3.63, 3.8) is 0 Å². The molecule has 2 heterocycles. The minimum absolute atomic E-state index is 0.0556. The number of rotatable bonds is 7. The van der Waals surface area contributed by atoms with Crippen LogP contribution >= 0.6 is 11.3 Å². The third kappa shape index (κ3) is 4.49. The molecule has 136 valence electrons. The highest BCUT2D eigenvalue weighted by Crippen LogP contribution is 2.25. The van der Waals surface area contributed by atoms with Crippen molar-refractivity contribution in [3.05, 3.63) is 58.3 Å². The molecule has 26 heavy (non-hydrogen) atoms. The second kappa shape index (κ2) is 8.14. The van der Waals surface area contributed by atoms with Gasteiger partial charge in [0.1, 0.15) is 0 Å². The minimum atomic E-state index is -0.975. The lowest BCUT2D eigenvalue weighted by Crippen LogP contribution is -2.36. The fourth-order valence-corrected chi connectivity index (χ4v) is 3.86. The minimum Gasteiger partial charge on any atom is -0.481 e.